The normalized spacial score (nSPS) is 12.6. The number of fused-ring (bicyclic) bond motifs is 1. The van der Waals surface area contributed by atoms with E-state index in [9.17, 15) is 0 Å². The Labute approximate surface area is 72.3 Å². The summed E-state index contributed by atoms with van der Waals surface area (Å²) in [5.74, 6) is 0. The fourth-order valence-corrected chi connectivity index (χ4v) is 1.60. The Morgan fingerprint density at radius 2 is 2.09 bits per heavy atom. The highest BCUT2D eigenvalue weighted by molar-refractivity contribution is 7.71. The molecule has 2 nitrogen and oxygen atoms in total. The van der Waals surface area contributed by atoms with Gasteiger partial charge in [0.05, 0.1) is 0 Å². The van der Waals surface area contributed by atoms with E-state index in [-0.39, 0.29) is 0 Å². The van der Waals surface area contributed by atoms with E-state index in [2.05, 4.69) is 16.5 Å². The number of aromatic nitrogens is 2. The first-order chi connectivity index (χ1) is 5.29. The predicted molar refractivity (Wildman–Crippen MR) is 49.4 cm³/mol. The number of nitrogens with zero attached hydrogens (tertiary/aromatic N) is 1. The van der Waals surface area contributed by atoms with Crippen LogP contribution in [0.2, 0.25) is 0 Å². The number of hydrogen-bond donors (Lipinski definition) is 1. The van der Waals surface area contributed by atoms with Crippen LogP contribution in [0.25, 0.3) is 0 Å². The van der Waals surface area contributed by atoms with Crippen molar-refractivity contribution >= 4 is 12.2 Å². The molecule has 62 valence electrons. The van der Waals surface area contributed by atoms with Gasteiger partial charge < -0.3 is 9.55 Å². The second-order valence-electron chi connectivity index (χ2n) is 2.40. The number of nitrogens with one attached hydrogen (secondary N) is 1. The molecule has 2 heterocycles. The first-order valence-corrected chi connectivity index (χ1v) is 4.48. The number of aryl methyl sites for hydroxylation is 1. The van der Waals surface area contributed by atoms with Gasteiger partial charge in [0.25, 0.3) is 0 Å². The average Bonchev–Trinajstić information content (AvgIpc) is 2.04. The van der Waals surface area contributed by atoms with Crippen LogP contribution in [0.4, 0.5) is 0 Å². The van der Waals surface area contributed by atoms with E-state index in [4.69, 9.17) is 12.2 Å². The maximum atomic E-state index is 5.02. The molecule has 0 saturated carbocycles. The number of hydrogen-bond acceptors (Lipinski definition) is 1. The summed E-state index contributed by atoms with van der Waals surface area (Å²) < 4.78 is 3.03. The van der Waals surface area contributed by atoms with Gasteiger partial charge in [0.15, 0.2) is 4.77 Å². The van der Waals surface area contributed by atoms with E-state index in [1.807, 2.05) is 13.8 Å². The molecule has 0 aromatic carbocycles. The molecule has 1 aliphatic heterocycles. The fraction of sp³-hybridized carbons (Fsp3) is 0.625. The summed E-state index contributed by atoms with van der Waals surface area (Å²) in [6, 6.07) is 0. The van der Waals surface area contributed by atoms with Crippen molar-refractivity contribution in [3.05, 3.63) is 16.2 Å². The van der Waals surface area contributed by atoms with E-state index in [1.54, 1.807) is 0 Å². The van der Waals surface area contributed by atoms with E-state index >= 15 is 0 Å². The lowest BCUT2D eigenvalue weighted by Crippen LogP contribution is -2.17. The largest absolute Gasteiger partial charge is 0.335 e. The minimum atomic E-state index is 0.883. The summed E-state index contributed by atoms with van der Waals surface area (Å²) in [5, 5.41) is 0. The van der Waals surface area contributed by atoms with Crippen molar-refractivity contribution < 1.29 is 0 Å². The summed E-state index contributed by atoms with van der Waals surface area (Å²) in [4.78, 5) is 3.12. The third-order valence-corrected chi connectivity index (χ3v) is 2.19. The van der Waals surface area contributed by atoms with Gasteiger partial charge in [-0.1, -0.05) is 13.8 Å². The molecule has 0 fully saturated rings. The second kappa shape index (κ2) is 3.22. The van der Waals surface area contributed by atoms with Gasteiger partial charge in [-0.05, 0) is 19.1 Å². The molecule has 0 saturated heterocycles. The Morgan fingerprint density at radius 3 is 2.27 bits per heavy atom. The molecule has 1 N–H and O–H groups in total. The number of H-pyrrole nitrogens is 1. The number of rotatable bonds is 0. The van der Waals surface area contributed by atoms with Gasteiger partial charge in [-0.25, -0.2) is 0 Å². The highest BCUT2D eigenvalue weighted by Crippen LogP contribution is 2.17. The molecule has 2 rings (SSSR count). The minimum absolute atomic E-state index is 0.883. The van der Waals surface area contributed by atoms with Gasteiger partial charge in [0.1, 0.15) is 0 Å². The lowest BCUT2D eigenvalue weighted by atomic mass is 10.2. The zero-order chi connectivity index (χ0) is 8.43. The van der Waals surface area contributed by atoms with Gasteiger partial charge in [-0.2, -0.15) is 0 Å². The van der Waals surface area contributed by atoms with E-state index < -0.39 is 0 Å². The van der Waals surface area contributed by atoms with Crippen LogP contribution in [0.15, 0.2) is 0 Å². The smallest absolute Gasteiger partial charge is 0.177 e. The third kappa shape index (κ3) is 1.25. The van der Waals surface area contributed by atoms with Crippen LogP contribution in [0, 0.1) is 11.7 Å². The van der Waals surface area contributed by atoms with Gasteiger partial charge in [-0.15, -0.1) is 0 Å². The standard InChI is InChI=1S/C6H8N2S.C2H6/c1-4-5-2-3-8(5)6(9)7-4;1-2/h2-3H2,1H3,(H,7,9);1-2H3. The maximum Gasteiger partial charge on any atom is 0.177 e. The summed E-state index contributed by atoms with van der Waals surface area (Å²) >= 11 is 5.02. The molecule has 0 aliphatic carbocycles. The van der Waals surface area contributed by atoms with Gasteiger partial charge in [0.2, 0.25) is 0 Å². The number of imidazole rings is 1. The summed E-state index contributed by atoms with van der Waals surface area (Å²) in [7, 11) is 0. The minimum Gasteiger partial charge on any atom is -0.335 e. The van der Waals surface area contributed by atoms with Crippen molar-refractivity contribution in [1.29, 1.82) is 0 Å². The van der Waals surface area contributed by atoms with Crippen molar-refractivity contribution in [2.45, 2.75) is 33.7 Å². The fourth-order valence-electron chi connectivity index (χ4n) is 1.25. The Morgan fingerprint density at radius 1 is 1.45 bits per heavy atom. The van der Waals surface area contributed by atoms with Gasteiger partial charge >= 0.3 is 0 Å². The SMILES string of the molecule is CC.Cc1[nH]c(=S)n2c1CC2. The summed E-state index contributed by atoms with van der Waals surface area (Å²) in [5.41, 5.74) is 2.63. The molecule has 0 radical (unpaired) electrons. The summed E-state index contributed by atoms with van der Waals surface area (Å²) in [6.45, 7) is 7.18. The Bertz CT molecular complexity index is 296. The van der Waals surface area contributed by atoms with Crippen molar-refractivity contribution in [2.75, 3.05) is 0 Å². The molecule has 0 unspecified atom stereocenters. The lowest BCUT2D eigenvalue weighted by Gasteiger charge is -2.16. The third-order valence-electron chi connectivity index (χ3n) is 1.87. The monoisotopic (exact) mass is 170 g/mol. The van der Waals surface area contributed by atoms with Crippen LogP contribution in [0.1, 0.15) is 25.2 Å². The van der Waals surface area contributed by atoms with Crippen LogP contribution in [-0.2, 0) is 13.0 Å². The van der Waals surface area contributed by atoms with Gasteiger partial charge in [0, 0.05) is 24.4 Å². The second-order valence-corrected chi connectivity index (χ2v) is 2.79. The van der Waals surface area contributed by atoms with Crippen molar-refractivity contribution in [2.24, 2.45) is 0 Å². The predicted octanol–water partition coefficient (Wildman–Crippen LogP) is 2.44. The van der Waals surface area contributed by atoms with Crippen LogP contribution in [0.3, 0.4) is 0 Å². The van der Waals surface area contributed by atoms with E-state index in [0.29, 0.717) is 0 Å². The quantitative estimate of drug-likeness (QED) is 0.593. The Balaban J connectivity index is 0.000000281. The topological polar surface area (TPSA) is 20.7 Å². The molecular formula is C8H14N2S. The zero-order valence-electron chi connectivity index (χ0n) is 7.27. The van der Waals surface area contributed by atoms with Crippen LogP contribution in [0.5, 0.6) is 0 Å². The van der Waals surface area contributed by atoms with Crippen molar-refractivity contribution in [1.82, 2.24) is 9.55 Å². The van der Waals surface area contributed by atoms with Crippen molar-refractivity contribution in [3.8, 4) is 0 Å². The van der Waals surface area contributed by atoms with Crippen molar-refractivity contribution in [3.63, 3.8) is 0 Å². The molecule has 0 bridgehead atoms. The Hall–Kier alpha value is -0.570. The molecule has 1 aliphatic rings. The molecule has 0 amide bonds. The first kappa shape index (κ1) is 8.53. The molecule has 1 aromatic rings. The molecule has 1 aromatic heterocycles. The van der Waals surface area contributed by atoms with Crippen LogP contribution >= 0.6 is 12.2 Å². The highest BCUT2D eigenvalue weighted by Gasteiger charge is 2.15. The van der Waals surface area contributed by atoms with Crippen LogP contribution in [-0.4, -0.2) is 9.55 Å². The van der Waals surface area contributed by atoms with Crippen LogP contribution < -0.4 is 0 Å². The van der Waals surface area contributed by atoms with E-state index in [0.717, 1.165) is 11.3 Å². The number of aromatic amines is 1. The Kier molecular flexibility index (Phi) is 2.49. The highest BCUT2D eigenvalue weighted by atomic mass is 32.1. The van der Waals surface area contributed by atoms with Gasteiger partial charge in [-0.3, -0.25) is 0 Å². The summed E-state index contributed by atoms with van der Waals surface area (Å²) in [6.07, 6.45) is 1.19. The first-order valence-electron chi connectivity index (χ1n) is 4.07. The van der Waals surface area contributed by atoms with E-state index in [1.165, 1.54) is 17.8 Å². The zero-order valence-corrected chi connectivity index (χ0v) is 8.09. The lowest BCUT2D eigenvalue weighted by molar-refractivity contribution is 0.546. The molecular weight excluding hydrogens is 156 g/mol. The molecule has 11 heavy (non-hydrogen) atoms. The average molecular weight is 170 g/mol. The maximum absolute atomic E-state index is 5.02. The molecule has 0 atom stereocenters. The molecule has 0 spiro atoms. The molecule has 3 heteroatoms.